The van der Waals surface area contributed by atoms with Crippen LogP contribution in [-0.2, 0) is 4.79 Å². The van der Waals surface area contributed by atoms with Crippen LogP contribution in [0.1, 0.15) is 0 Å². The Hall–Kier alpha value is -0.630. The number of amides is 1. The highest BCUT2D eigenvalue weighted by Crippen LogP contribution is 2.35. The van der Waals surface area contributed by atoms with Gasteiger partial charge in [0.25, 0.3) is 5.91 Å². The van der Waals surface area contributed by atoms with Gasteiger partial charge in [0.15, 0.2) is 9.97 Å². The molecule has 0 N–H and O–H groups in total. The smallest absolute Gasteiger partial charge is 0.289 e. The zero-order valence-corrected chi connectivity index (χ0v) is 10.8. The third kappa shape index (κ3) is 2.73. The zero-order chi connectivity index (χ0) is 12.5. The van der Waals surface area contributed by atoms with Crippen molar-refractivity contribution < 1.29 is 9.72 Å². The number of thiazole rings is 1. The van der Waals surface area contributed by atoms with Crippen molar-refractivity contribution in [2.45, 2.75) is 4.84 Å². The van der Waals surface area contributed by atoms with E-state index in [2.05, 4.69) is 4.98 Å². The molecule has 0 radical (unpaired) electrons. The molecule has 0 spiro atoms. The van der Waals surface area contributed by atoms with E-state index in [0.717, 1.165) is 4.90 Å². The van der Waals surface area contributed by atoms with Gasteiger partial charge >= 0.3 is 5.00 Å². The Labute approximate surface area is 109 Å². The fourth-order valence-electron chi connectivity index (χ4n) is 0.780. The molecular formula is C6H4Cl3N3O3S. The summed E-state index contributed by atoms with van der Waals surface area (Å²) in [6.07, 6.45) is 0. The molecule has 6 nitrogen and oxygen atoms in total. The van der Waals surface area contributed by atoms with E-state index in [-0.39, 0.29) is 15.3 Å². The Morgan fingerprint density at radius 3 is 2.56 bits per heavy atom. The van der Waals surface area contributed by atoms with Gasteiger partial charge in [0.2, 0.25) is 5.15 Å². The van der Waals surface area contributed by atoms with Gasteiger partial charge in [0.1, 0.15) is 0 Å². The first kappa shape index (κ1) is 13.4. The minimum Gasteiger partial charge on any atom is -0.289 e. The van der Waals surface area contributed by atoms with Crippen LogP contribution in [0.15, 0.2) is 0 Å². The number of aromatic nitrogens is 1. The summed E-state index contributed by atoms with van der Waals surface area (Å²) in [6.45, 7) is 0. The molecule has 88 valence electrons. The van der Waals surface area contributed by atoms with Crippen molar-refractivity contribution in [1.82, 2.24) is 4.98 Å². The van der Waals surface area contributed by atoms with Gasteiger partial charge in [-0.25, -0.2) is 4.98 Å². The van der Waals surface area contributed by atoms with E-state index in [1.807, 2.05) is 0 Å². The van der Waals surface area contributed by atoms with E-state index in [9.17, 15) is 14.9 Å². The summed E-state index contributed by atoms with van der Waals surface area (Å²) < 4.78 is 0. The number of hydrogen-bond donors (Lipinski definition) is 0. The third-order valence-electron chi connectivity index (χ3n) is 1.53. The quantitative estimate of drug-likeness (QED) is 0.488. The fraction of sp³-hybridized carbons (Fsp3) is 0.333. The summed E-state index contributed by atoms with van der Waals surface area (Å²) in [5.74, 6) is -0.636. The monoisotopic (exact) mass is 303 g/mol. The summed E-state index contributed by atoms with van der Waals surface area (Å²) in [5.41, 5.74) is 0. The largest absolute Gasteiger partial charge is 0.364 e. The van der Waals surface area contributed by atoms with Crippen LogP contribution in [0.3, 0.4) is 0 Å². The van der Waals surface area contributed by atoms with Crippen LogP contribution in [0.4, 0.5) is 10.1 Å². The van der Waals surface area contributed by atoms with E-state index in [1.165, 1.54) is 7.05 Å². The summed E-state index contributed by atoms with van der Waals surface area (Å²) in [7, 11) is 1.35. The van der Waals surface area contributed by atoms with E-state index >= 15 is 0 Å². The Morgan fingerprint density at radius 2 is 2.19 bits per heavy atom. The van der Waals surface area contributed by atoms with Crippen LogP contribution >= 0.6 is 46.1 Å². The molecular weight excluding hydrogens is 301 g/mol. The predicted molar refractivity (Wildman–Crippen MR) is 62.7 cm³/mol. The maximum atomic E-state index is 11.3. The van der Waals surface area contributed by atoms with Crippen LogP contribution in [0.25, 0.3) is 0 Å². The third-order valence-corrected chi connectivity index (χ3v) is 3.36. The van der Waals surface area contributed by atoms with E-state index < -0.39 is 15.7 Å². The van der Waals surface area contributed by atoms with Crippen molar-refractivity contribution in [3.05, 3.63) is 15.3 Å². The standard InChI is InChI=1S/C6H4Cl3N3O3S/c1-11(4(13)2(7)8)6-10-3(9)5(16-6)12(14)15/h2H,1H3. The second kappa shape index (κ2) is 5.13. The Balaban J connectivity index is 3.02. The first-order valence-corrected chi connectivity index (χ1v) is 5.77. The molecule has 0 bridgehead atoms. The molecule has 0 aliphatic carbocycles. The lowest BCUT2D eigenvalue weighted by molar-refractivity contribution is -0.380. The summed E-state index contributed by atoms with van der Waals surface area (Å²) in [5, 5.41) is 9.95. The van der Waals surface area contributed by atoms with Gasteiger partial charge in [-0.15, -0.1) is 0 Å². The number of nitro groups is 1. The number of carbonyl (C=O) groups is 1. The fourth-order valence-corrected chi connectivity index (χ4v) is 2.13. The highest BCUT2D eigenvalue weighted by molar-refractivity contribution is 7.19. The summed E-state index contributed by atoms with van der Waals surface area (Å²) >= 11 is 16.9. The maximum Gasteiger partial charge on any atom is 0.364 e. The first-order valence-electron chi connectivity index (χ1n) is 3.71. The Kier molecular flexibility index (Phi) is 4.31. The molecule has 1 heterocycles. The molecule has 10 heteroatoms. The molecule has 0 unspecified atom stereocenters. The van der Waals surface area contributed by atoms with E-state index in [1.54, 1.807) is 0 Å². The highest BCUT2D eigenvalue weighted by atomic mass is 35.5. The van der Waals surface area contributed by atoms with Crippen molar-refractivity contribution in [3.63, 3.8) is 0 Å². The van der Waals surface area contributed by atoms with Crippen LogP contribution in [0.5, 0.6) is 0 Å². The lowest BCUT2D eigenvalue weighted by Gasteiger charge is -2.13. The molecule has 1 amide bonds. The van der Waals surface area contributed by atoms with Crippen LogP contribution in [-0.4, -0.2) is 27.7 Å². The topological polar surface area (TPSA) is 76.3 Å². The normalized spacial score (nSPS) is 10.6. The van der Waals surface area contributed by atoms with Crippen LogP contribution in [0, 0.1) is 10.1 Å². The maximum absolute atomic E-state index is 11.3. The van der Waals surface area contributed by atoms with Crippen molar-refractivity contribution in [2.75, 3.05) is 11.9 Å². The van der Waals surface area contributed by atoms with Gasteiger partial charge in [0.05, 0.1) is 4.92 Å². The molecule has 0 aliphatic heterocycles. The molecule has 0 saturated heterocycles. The first-order chi connectivity index (χ1) is 7.34. The van der Waals surface area contributed by atoms with Crippen LogP contribution in [0.2, 0.25) is 5.15 Å². The Morgan fingerprint density at radius 1 is 1.62 bits per heavy atom. The number of nitrogens with zero attached hydrogens (tertiary/aromatic N) is 3. The highest BCUT2D eigenvalue weighted by Gasteiger charge is 2.26. The zero-order valence-electron chi connectivity index (χ0n) is 7.69. The number of alkyl halides is 2. The van der Waals surface area contributed by atoms with Gasteiger partial charge in [-0.2, -0.15) is 0 Å². The number of carbonyl (C=O) groups excluding carboxylic acids is 1. The second-order valence-electron chi connectivity index (χ2n) is 2.55. The van der Waals surface area contributed by atoms with E-state index in [4.69, 9.17) is 34.8 Å². The lowest BCUT2D eigenvalue weighted by Crippen LogP contribution is -2.30. The van der Waals surface area contributed by atoms with Gasteiger partial charge in [0, 0.05) is 7.05 Å². The minimum atomic E-state index is -1.26. The van der Waals surface area contributed by atoms with Crippen molar-refractivity contribution in [1.29, 1.82) is 0 Å². The molecule has 1 rings (SSSR count). The van der Waals surface area contributed by atoms with Crippen molar-refractivity contribution >= 4 is 62.2 Å². The molecule has 0 saturated carbocycles. The molecule has 0 aromatic carbocycles. The minimum absolute atomic E-state index is 0.0630. The van der Waals surface area contributed by atoms with Gasteiger partial charge in [-0.05, 0) is 11.3 Å². The number of anilines is 1. The van der Waals surface area contributed by atoms with E-state index in [0.29, 0.717) is 11.3 Å². The summed E-state index contributed by atoms with van der Waals surface area (Å²) in [6, 6.07) is 0. The van der Waals surface area contributed by atoms with Crippen LogP contribution < -0.4 is 4.90 Å². The van der Waals surface area contributed by atoms with Crippen molar-refractivity contribution in [3.8, 4) is 0 Å². The van der Waals surface area contributed by atoms with Gasteiger partial charge < -0.3 is 0 Å². The predicted octanol–water partition coefficient (Wildman–Crippen LogP) is 2.47. The number of halogens is 3. The molecule has 1 aromatic rings. The van der Waals surface area contributed by atoms with Gasteiger partial charge in [-0.3, -0.25) is 19.8 Å². The number of hydrogen-bond acceptors (Lipinski definition) is 5. The second-order valence-corrected chi connectivity index (χ2v) is 4.96. The SMILES string of the molecule is CN(C(=O)C(Cl)Cl)c1nc(Cl)c([N+](=O)[O-])s1. The average molecular weight is 305 g/mol. The average Bonchev–Trinajstić information content (AvgIpc) is 2.58. The molecule has 16 heavy (non-hydrogen) atoms. The summed E-state index contributed by atoms with van der Waals surface area (Å²) in [4.78, 5) is 24.6. The van der Waals surface area contributed by atoms with Gasteiger partial charge in [-0.1, -0.05) is 34.8 Å². The van der Waals surface area contributed by atoms with Crippen molar-refractivity contribution in [2.24, 2.45) is 0 Å². The number of rotatable bonds is 3. The Bertz CT molecular complexity index is 436. The molecule has 1 aromatic heterocycles. The molecule has 0 aliphatic rings. The molecule has 0 fully saturated rings. The lowest BCUT2D eigenvalue weighted by atomic mass is 10.6. The molecule has 0 atom stereocenters.